The Hall–Kier alpha value is -2.06. The molecular formula is C18H26N6O2. The second kappa shape index (κ2) is 7.28. The van der Waals surface area contributed by atoms with Gasteiger partial charge >= 0.3 is 0 Å². The van der Waals surface area contributed by atoms with Gasteiger partial charge < -0.3 is 10.1 Å². The van der Waals surface area contributed by atoms with Crippen molar-refractivity contribution < 1.29 is 9.53 Å². The molecule has 1 aliphatic heterocycles. The second-order valence-electron chi connectivity index (χ2n) is 7.30. The third kappa shape index (κ3) is 3.31. The van der Waals surface area contributed by atoms with E-state index in [0.29, 0.717) is 12.3 Å². The number of aryl methyl sites for hydroxylation is 1. The summed E-state index contributed by atoms with van der Waals surface area (Å²) in [5, 5.41) is 7.41. The molecule has 0 atom stereocenters. The molecule has 1 amide bonds. The summed E-state index contributed by atoms with van der Waals surface area (Å²) in [6.07, 6.45) is 7.61. The number of rotatable bonds is 4. The molecule has 0 aromatic carbocycles. The van der Waals surface area contributed by atoms with Crippen LogP contribution in [0.2, 0.25) is 0 Å². The minimum Gasteiger partial charge on any atom is -0.379 e. The lowest BCUT2D eigenvalue weighted by molar-refractivity contribution is -0.0361. The molecule has 1 saturated heterocycles. The molecule has 2 aliphatic rings. The van der Waals surface area contributed by atoms with Crippen LogP contribution >= 0.6 is 0 Å². The average molecular weight is 358 g/mol. The first-order chi connectivity index (χ1) is 12.7. The van der Waals surface area contributed by atoms with Crippen molar-refractivity contribution in [2.45, 2.75) is 44.6 Å². The van der Waals surface area contributed by atoms with Gasteiger partial charge in [0.1, 0.15) is 0 Å². The Morgan fingerprint density at radius 3 is 2.77 bits per heavy atom. The lowest BCUT2D eigenvalue weighted by atomic mass is 9.79. The number of nitrogens with one attached hydrogen (secondary N) is 1. The second-order valence-corrected chi connectivity index (χ2v) is 7.30. The van der Waals surface area contributed by atoms with Crippen LogP contribution in [0.1, 0.15) is 48.4 Å². The largest absolute Gasteiger partial charge is 0.379 e. The fourth-order valence-corrected chi connectivity index (χ4v) is 4.18. The molecule has 8 heteroatoms. The maximum atomic E-state index is 12.7. The maximum Gasteiger partial charge on any atom is 0.291 e. The number of ether oxygens (including phenoxy) is 1. The Morgan fingerprint density at radius 1 is 1.27 bits per heavy atom. The van der Waals surface area contributed by atoms with E-state index in [9.17, 15) is 4.79 Å². The molecule has 2 fully saturated rings. The Morgan fingerprint density at radius 2 is 2.04 bits per heavy atom. The lowest BCUT2D eigenvalue weighted by Gasteiger charge is -2.48. The Balaban J connectivity index is 1.49. The molecule has 1 N–H and O–H groups in total. The number of fused-ring (bicyclic) bond motifs is 1. The van der Waals surface area contributed by atoms with Crippen LogP contribution in [0.3, 0.4) is 0 Å². The molecule has 26 heavy (non-hydrogen) atoms. The number of carbonyl (C=O) groups excluding carboxylic acids is 1. The van der Waals surface area contributed by atoms with Gasteiger partial charge in [-0.25, -0.2) is 9.50 Å². The highest BCUT2D eigenvalue weighted by Gasteiger charge is 2.39. The third-order valence-corrected chi connectivity index (χ3v) is 5.68. The highest BCUT2D eigenvalue weighted by molar-refractivity contribution is 5.90. The van der Waals surface area contributed by atoms with Gasteiger partial charge in [-0.2, -0.15) is 4.98 Å². The molecule has 8 nitrogen and oxygen atoms in total. The van der Waals surface area contributed by atoms with Crippen molar-refractivity contribution in [1.29, 1.82) is 0 Å². The monoisotopic (exact) mass is 358 g/mol. The van der Waals surface area contributed by atoms with Gasteiger partial charge in [0.05, 0.1) is 13.2 Å². The summed E-state index contributed by atoms with van der Waals surface area (Å²) < 4.78 is 7.12. The first kappa shape index (κ1) is 17.4. The highest BCUT2D eigenvalue weighted by atomic mass is 16.5. The fourth-order valence-electron chi connectivity index (χ4n) is 4.18. The summed E-state index contributed by atoms with van der Waals surface area (Å²) in [4.78, 5) is 23.6. The summed E-state index contributed by atoms with van der Waals surface area (Å²) in [5.74, 6) is 0.406. The van der Waals surface area contributed by atoms with Crippen molar-refractivity contribution in [2.24, 2.45) is 0 Å². The van der Waals surface area contributed by atoms with Crippen LogP contribution in [-0.2, 0) is 4.74 Å². The van der Waals surface area contributed by atoms with Gasteiger partial charge in [-0.15, -0.1) is 5.10 Å². The molecule has 3 heterocycles. The zero-order valence-electron chi connectivity index (χ0n) is 15.3. The molecule has 2 aromatic heterocycles. The molecule has 1 aliphatic carbocycles. The van der Waals surface area contributed by atoms with Crippen molar-refractivity contribution in [3.8, 4) is 0 Å². The molecule has 1 saturated carbocycles. The molecular weight excluding hydrogens is 332 g/mol. The summed E-state index contributed by atoms with van der Waals surface area (Å²) in [6.45, 7) is 5.97. The Labute approximate surface area is 152 Å². The van der Waals surface area contributed by atoms with Crippen LogP contribution in [0, 0.1) is 6.92 Å². The predicted octanol–water partition coefficient (Wildman–Crippen LogP) is 1.20. The van der Waals surface area contributed by atoms with Crippen LogP contribution in [-0.4, -0.2) is 68.8 Å². The number of morpholine rings is 1. The molecule has 2 aromatic rings. The number of nitrogens with zero attached hydrogens (tertiary/aromatic N) is 5. The van der Waals surface area contributed by atoms with Crippen LogP contribution in [0.25, 0.3) is 5.78 Å². The van der Waals surface area contributed by atoms with Gasteiger partial charge in [0.2, 0.25) is 5.82 Å². The van der Waals surface area contributed by atoms with E-state index in [2.05, 4.69) is 25.3 Å². The van der Waals surface area contributed by atoms with E-state index in [1.165, 1.54) is 19.3 Å². The van der Waals surface area contributed by atoms with Gasteiger partial charge in [-0.05, 0) is 25.8 Å². The quantitative estimate of drug-likeness (QED) is 0.884. The summed E-state index contributed by atoms with van der Waals surface area (Å²) in [6, 6.07) is 1.85. The number of amides is 1. The molecule has 4 rings (SSSR count). The van der Waals surface area contributed by atoms with Crippen molar-refractivity contribution in [1.82, 2.24) is 29.8 Å². The standard InChI is InChI=1S/C18H26N6O2/c1-14-5-8-19-17-21-15(22-24(14)17)16(25)20-13-18(6-3-2-4-7-18)23-9-11-26-12-10-23/h5,8H,2-4,6-7,9-13H2,1H3,(H,20,25). The Bertz CT molecular complexity index is 777. The molecule has 0 spiro atoms. The topological polar surface area (TPSA) is 84.7 Å². The van der Waals surface area contributed by atoms with Crippen molar-refractivity contribution in [3.05, 3.63) is 23.8 Å². The number of hydrogen-bond acceptors (Lipinski definition) is 6. The van der Waals surface area contributed by atoms with E-state index >= 15 is 0 Å². The average Bonchev–Trinajstić information content (AvgIpc) is 3.13. The zero-order valence-corrected chi connectivity index (χ0v) is 15.3. The van der Waals surface area contributed by atoms with Crippen molar-refractivity contribution >= 4 is 11.7 Å². The van der Waals surface area contributed by atoms with E-state index in [-0.39, 0.29) is 17.3 Å². The highest BCUT2D eigenvalue weighted by Crippen LogP contribution is 2.33. The van der Waals surface area contributed by atoms with E-state index in [4.69, 9.17) is 4.74 Å². The van der Waals surface area contributed by atoms with Crippen LogP contribution in [0.15, 0.2) is 12.3 Å². The smallest absolute Gasteiger partial charge is 0.291 e. The normalized spacial score (nSPS) is 21.0. The van der Waals surface area contributed by atoms with Crippen molar-refractivity contribution in [3.63, 3.8) is 0 Å². The van der Waals surface area contributed by atoms with E-state index < -0.39 is 0 Å². The SMILES string of the molecule is Cc1ccnc2nc(C(=O)NCC3(N4CCOCC4)CCCCC3)nn12. The van der Waals surface area contributed by atoms with Crippen LogP contribution in [0.4, 0.5) is 0 Å². The van der Waals surface area contributed by atoms with Crippen LogP contribution < -0.4 is 5.32 Å². The lowest BCUT2D eigenvalue weighted by Crippen LogP contribution is -2.59. The molecule has 0 unspecified atom stereocenters. The summed E-state index contributed by atoms with van der Waals surface area (Å²) in [7, 11) is 0. The van der Waals surface area contributed by atoms with Crippen molar-refractivity contribution in [2.75, 3.05) is 32.8 Å². The van der Waals surface area contributed by atoms with E-state index in [0.717, 1.165) is 44.8 Å². The van der Waals surface area contributed by atoms with Gasteiger partial charge in [-0.3, -0.25) is 9.69 Å². The van der Waals surface area contributed by atoms with Gasteiger partial charge in [-0.1, -0.05) is 19.3 Å². The molecule has 0 radical (unpaired) electrons. The minimum absolute atomic E-state index is 0.0328. The van der Waals surface area contributed by atoms with Gasteiger partial charge in [0, 0.05) is 37.1 Å². The summed E-state index contributed by atoms with van der Waals surface area (Å²) >= 11 is 0. The first-order valence-electron chi connectivity index (χ1n) is 9.47. The van der Waals surface area contributed by atoms with E-state index in [1.54, 1.807) is 10.7 Å². The molecule has 0 bridgehead atoms. The Kier molecular flexibility index (Phi) is 4.86. The maximum absolute atomic E-state index is 12.7. The molecule has 140 valence electrons. The number of aromatic nitrogens is 4. The van der Waals surface area contributed by atoms with Gasteiger partial charge in [0.15, 0.2) is 0 Å². The predicted molar refractivity (Wildman–Crippen MR) is 96.1 cm³/mol. The first-order valence-corrected chi connectivity index (χ1v) is 9.47. The van der Waals surface area contributed by atoms with Crippen LogP contribution in [0.5, 0.6) is 0 Å². The van der Waals surface area contributed by atoms with E-state index in [1.807, 2.05) is 13.0 Å². The number of carbonyl (C=O) groups is 1. The van der Waals surface area contributed by atoms with Gasteiger partial charge in [0.25, 0.3) is 11.7 Å². The third-order valence-electron chi connectivity index (χ3n) is 5.68. The minimum atomic E-state index is -0.229. The zero-order chi connectivity index (χ0) is 18.0. The fraction of sp³-hybridized carbons (Fsp3) is 0.667. The number of hydrogen-bond donors (Lipinski definition) is 1. The summed E-state index contributed by atoms with van der Waals surface area (Å²) in [5.41, 5.74) is 0.934.